The van der Waals surface area contributed by atoms with Crippen LogP contribution >= 0.6 is 11.6 Å². The summed E-state index contributed by atoms with van der Waals surface area (Å²) < 4.78 is 5.73. The van der Waals surface area contributed by atoms with Gasteiger partial charge in [0, 0.05) is 18.2 Å². The number of aromatic amines is 1. The fraction of sp³-hybridized carbons (Fsp3) is 0.190. The maximum Gasteiger partial charge on any atom is 0.234 e. The molecular formula is C21H18ClN3O3. The first-order valence-electron chi connectivity index (χ1n) is 8.95. The number of nitrogens with zero attached hydrogens (tertiary/aromatic N) is 1. The third kappa shape index (κ3) is 3.77. The maximum atomic E-state index is 12.2. The van der Waals surface area contributed by atoms with Gasteiger partial charge in [-0.1, -0.05) is 41.9 Å². The number of rotatable bonds is 5. The summed E-state index contributed by atoms with van der Waals surface area (Å²) in [7, 11) is 0. The average molecular weight is 396 g/mol. The molecule has 142 valence electrons. The minimum atomic E-state index is -0.415. The summed E-state index contributed by atoms with van der Waals surface area (Å²) >= 11 is 6.64. The first kappa shape index (κ1) is 18.3. The number of nitrogens with one attached hydrogen (secondary N) is 2. The lowest BCUT2D eigenvalue weighted by molar-refractivity contribution is -0.134. The number of piperidine rings is 1. The van der Waals surface area contributed by atoms with Crippen molar-refractivity contribution in [3.05, 3.63) is 71.0 Å². The normalized spacial score (nSPS) is 16.7. The highest BCUT2D eigenvalue weighted by molar-refractivity contribution is 6.34. The maximum absolute atomic E-state index is 12.2. The van der Waals surface area contributed by atoms with Crippen LogP contribution in [0.15, 0.2) is 54.7 Å². The third-order valence-electron chi connectivity index (χ3n) is 4.76. The summed E-state index contributed by atoms with van der Waals surface area (Å²) in [4.78, 5) is 23.6. The van der Waals surface area contributed by atoms with Crippen LogP contribution in [0.4, 0.5) is 0 Å². The van der Waals surface area contributed by atoms with Crippen LogP contribution in [0, 0.1) is 0 Å². The number of benzene rings is 2. The average Bonchev–Trinajstić information content (AvgIpc) is 3.21. The van der Waals surface area contributed by atoms with Gasteiger partial charge in [0.25, 0.3) is 0 Å². The van der Waals surface area contributed by atoms with Crippen LogP contribution in [-0.2, 0) is 16.2 Å². The molecule has 2 amide bonds. The van der Waals surface area contributed by atoms with Crippen LogP contribution in [0.2, 0.25) is 5.02 Å². The van der Waals surface area contributed by atoms with E-state index in [0.29, 0.717) is 24.5 Å². The molecule has 0 spiro atoms. The zero-order valence-corrected chi connectivity index (χ0v) is 15.7. The van der Waals surface area contributed by atoms with Crippen LogP contribution in [0.1, 0.15) is 30.0 Å². The van der Waals surface area contributed by atoms with Crippen molar-refractivity contribution in [3.8, 4) is 16.9 Å². The van der Waals surface area contributed by atoms with Crippen LogP contribution in [0.5, 0.6) is 5.75 Å². The molecule has 28 heavy (non-hydrogen) atoms. The third-order valence-corrected chi connectivity index (χ3v) is 5.18. The number of imide groups is 1. The Hall–Kier alpha value is -3.12. The molecule has 6 nitrogen and oxygen atoms in total. The smallest absolute Gasteiger partial charge is 0.234 e. The van der Waals surface area contributed by atoms with Gasteiger partial charge in [-0.05, 0) is 35.7 Å². The number of H-pyrrole nitrogens is 1. The molecule has 1 saturated heterocycles. The number of hydrogen-bond donors (Lipinski definition) is 2. The van der Waals surface area contributed by atoms with E-state index in [1.54, 1.807) is 6.20 Å². The molecule has 2 aromatic carbocycles. The second-order valence-corrected chi connectivity index (χ2v) is 6.99. The van der Waals surface area contributed by atoms with E-state index in [1.807, 2.05) is 48.5 Å². The van der Waals surface area contributed by atoms with Crippen molar-refractivity contribution in [1.82, 2.24) is 15.5 Å². The summed E-state index contributed by atoms with van der Waals surface area (Å²) in [5.74, 6) is -0.213. The minimum Gasteiger partial charge on any atom is -0.487 e. The summed E-state index contributed by atoms with van der Waals surface area (Å²) in [5, 5.41) is 9.65. The molecule has 1 unspecified atom stereocenters. The highest BCUT2D eigenvalue weighted by Gasteiger charge is 2.30. The molecule has 4 rings (SSSR count). The van der Waals surface area contributed by atoms with Gasteiger partial charge in [0.15, 0.2) is 0 Å². The van der Waals surface area contributed by atoms with Crippen molar-refractivity contribution in [2.75, 3.05) is 0 Å². The molecule has 0 saturated carbocycles. The topological polar surface area (TPSA) is 84.1 Å². The highest BCUT2D eigenvalue weighted by atomic mass is 35.5. The number of aromatic nitrogens is 2. The number of amides is 2. The lowest BCUT2D eigenvalue weighted by atomic mass is 9.88. The monoisotopic (exact) mass is 395 g/mol. The van der Waals surface area contributed by atoms with E-state index in [-0.39, 0.29) is 11.8 Å². The summed E-state index contributed by atoms with van der Waals surface area (Å²) in [6, 6.07) is 15.1. The molecule has 1 aromatic heterocycles. The summed E-state index contributed by atoms with van der Waals surface area (Å²) in [6.45, 7) is 0.408. The van der Waals surface area contributed by atoms with Crippen LogP contribution < -0.4 is 10.1 Å². The predicted molar refractivity (Wildman–Crippen MR) is 105 cm³/mol. The largest absolute Gasteiger partial charge is 0.487 e. The Morgan fingerprint density at radius 3 is 2.64 bits per heavy atom. The molecule has 2 heterocycles. The molecule has 1 aliphatic heterocycles. The Morgan fingerprint density at radius 2 is 1.93 bits per heavy atom. The van der Waals surface area contributed by atoms with Gasteiger partial charge < -0.3 is 4.74 Å². The molecule has 0 aliphatic carbocycles. The number of ether oxygens (including phenoxy) is 1. The lowest BCUT2D eigenvalue weighted by Crippen LogP contribution is -2.39. The molecule has 3 aromatic rings. The molecular weight excluding hydrogens is 378 g/mol. The van der Waals surface area contributed by atoms with Gasteiger partial charge in [0.1, 0.15) is 12.4 Å². The van der Waals surface area contributed by atoms with E-state index < -0.39 is 5.92 Å². The number of halogens is 1. The molecule has 2 N–H and O–H groups in total. The van der Waals surface area contributed by atoms with Crippen molar-refractivity contribution in [2.45, 2.75) is 25.4 Å². The Balaban J connectivity index is 1.54. The standard InChI is InChI=1S/C21H18ClN3O3/c22-20-16(2-1-3-17(20)18-8-9-19(26)24-21(18)27)13-4-6-15(7-5-13)28-12-14-10-11-23-25-14/h1-7,10-11,18H,8-9,12H2,(H,23,25)(H,24,26,27). The highest BCUT2D eigenvalue weighted by Crippen LogP contribution is 2.37. The predicted octanol–water partition coefficient (Wildman–Crippen LogP) is 3.83. The number of hydrogen-bond acceptors (Lipinski definition) is 4. The first-order valence-corrected chi connectivity index (χ1v) is 9.33. The van der Waals surface area contributed by atoms with Crippen LogP contribution in [0.25, 0.3) is 11.1 Å². The second-order valence-electron chi connectivity index (χ2n) is 6.61. The van der Waals surface area contributed by atoms with Gasteiger partial charge in [-0.15, -0.1) is 0 Å². The van der Waals surface area contributed by atoms with Gasteiger partial charge >= 0.3 is 0 Å². The van der Waals surface area contributed by atoms with E-state index in [2.05, 4.69) is 15.5 Å². The molecule has 0 radical (unpaired) electrons. The molecule has 1 fully saturated rings. The minimum absolute atomic E-state index is 0.237. The van der Waals surface area contributed by atoms with Crippen LogP contribution in [-0.4, -0.2) is 22.0 Å². The van der Waals surface area contributed by atoms with E-state index in [0.717, 1.165) is 28.1 Å². The molecule has 0 bridgehead atoms. The zero-order chi connectivity index (χ0) is 19.5. The number of carbonyl (C=O) groups excluding carboxylic acids is 2. The molecule has 1 atom stereocenters. The van der Waals surface area contributed by atoms with Crippen molar-refractivity contribution in [2.24, 2.45) is 0 Å². The molecule has 1 aliphatic rings. The van der Waals surface area contributed by atoms with Crippen LogP contribution in [0.3, 0.4) is 0 Å². The fourth-order valence-electron chi connectivity index (χ4n) is 3.29. The van der Waals surface area contributed by atoms with Gasteiger partial charge in [-0.3, -0.25) is 20.0 Å². The SMILES string of the molecule is O=C1CCC(c2cccc(-c3ccc(OCc4ccn[nH]4)cc3)c2Cl)C(=O)N1. The lowest BCUT2D eigenvalue weighted by Gasteiger charge is -2.23. The van der Waals surface area contributed by atoms with E-state index >= 15 is 0 Å². The van der Waals surface area contributed by atoms with Gasteiger partial charge in [-0.2, -0.15) is 5.10 Å². The first-order chi connectivity index (χ1) is 13.6. The van der Waals surface area contributed by atoms with Crippen molar-refractivity contribution in [3.63, 3.8) is 0 Å². The van der Waals surface area contributed by atoms with Gasteiger partial charge in [0.2, 0.25) is 11.8 Å². The molecule has 7 heteroatoms. The van der Waals surface area contributed by atoms with E-state index in [4.69, 9.17) is 16.3 Å². The Morgan fingerprint density at radius 1 is 1.11 bits per heavy atom. The van der Waals surface area contributed by atoms with Crippen molar-refractivity contribution in [1.29, 1.82) is 0 Å². The second kappa shape index (κ2) is 7.86. The Labute approximate surface area is 166 Å². The number of carbonyl (C=O) groups is 2. The van der Waals surface area contributed by atoms with Gasteiger partial charge in [0.05, 0.1) is 16.6 Å². The fourth-order valence-corrected chi connectivity index (χ4v) is 3.66. The summed E-state index contributed by atoms with van der Waals surface area (Å²) in [5.41, 5.74) is 3.39. The summed E-state index contributed by atoms with van der Waals surface area (Å²) in [6.07, 6.45) is 2.47. The zero-order valence-electron chi connectivity index (χ0n) is 14.9. The van der Waals surface area contributed by atoms with Crippen molar-refractivity contribution >= 4 is 23.4 Å². The van der Waals surface area contributed by atoms with Gasteiger partial charge in [-0.25, -0.2) is 0 Å². The Bertz CT molecular complexity index is 1000. The quantitative estimate of drug-likeness (QED) is 0.643. The van der Waals surface area contributed by atoms with E-state index in [9.17, 15) is 9.59 Å². The van der Waals surface area contributed by atoms with E-state index in [1.165, 1.54) is 0 Å². The van der Waals surface area contributed by atoms with Crippen molar-refractivity contribution < 1.29 is 14.3 Å². The Kier molecular flexibility index (Phi) is 5.12.